The average Bonchev–Trinajstić information content (AvgIpc) is 2.91. The highest BCUT2D eigenvalue weighted by Crippen LogP contribution is 2.23. The summed E-state index contributed by atoms with van der Waals surface area (Å²) in [5.74, 6) is 33.4. The van der Waals surface area contributed by atoms with E-state index in [1.165, 1.54) is 0 Å². The van der Waals surface area contributed by atoms with E-state index < -0.39 is 0 Å². The lowest BCUT2D eigenvalue weighted by atomic mass is 10.0. The Morgan fingerprint density at radius 2 is 1.20 bits per heavy atom. The van der Waals surface area contributed by atoms with Gasteiger partial charge in [0.15, 0.2) is 0 Å². The lowest BCUT2D eigenvalue weighted by Gasteiger charge is -2.11. The smallest absolute Gasteiger partial charge is 0.119 e. The predicted octanol–water partition coefficient (Wildman–Crippen LogP) is 5.31. The van der Waals surface area contributed by atoms with Crippen LogP contribution in [0.2, 0.25) is 0 Å². The van der Waals surface area contributed by atoms with Crippen molar-refractivity contribution in [1.29, 1.82) is 5.26 Å². The zero-order chi connectivity index (χ0) is 25.6. The summed E-state index contributed by atoms with van der Waals surface area (Å²) in [6.07, 6.45) is 6.00. The van der Waals surface area contributed by atoms with Gasteiger partial charge in [-0.05, 0) is 119 Å². The van der Waals surface area contributed by atoms with Crippen molar-refractivity contribution in [3.63, 3.8) is 0 Å². The molecule has 0 bridgehead atoms. The van der Waals surface area contributed by atoms with E-state index in [1.54, 1.807) is 6.92 Å². The first kappa shape index (κ1) is 27.7. The molecule has 0 saturated carbocycles. The summed E-state index contributed by atoms with van der Waals surface area (Å²) < 4.78 is 5.74. The molecule has 1 atom stereocenters. The molecule has 0 fully saturated rings. The third-order valence-electron chi connectivity index (χ3n) is 4.26. The maximum absolute atomic E-state index is 8.79. The summed E-state index contributed by atoms with van der Waals surface area (Å²) in [5, 5.41) is 8.79. The molecule has 0 radical (unpaired) electrons. The molecule has 1 unspecified atom stereocenters. The highest BCUT2D eigenvalue weighted by atomic mass is 16.5. The molecule has 0 saturated heterocycles. The van der Waals surface area contributed by atoms with Gasteiger partial charge in [0, 0.05) is 0 Å². The molecule has 2 nitrogen and oxygen atoms in total. The quantitative estimate of drug-likeness (QED) is 0.580. The van der Waals surface area contributed by atoms with Crippen molar-refractivity contribution in [3.8, 4) is 106 Å². The van der Waals surface area contributed by atoms with Crippen LogP contribution in [0.4, 0.5) is 0 Å². The third kappa shape index (κ3) is 12.9. The number of hydrogen-bond donors (Lipinski definition) is 0. The molecule has 35 heavy (non-hydrogen) atoms. The van der Waals surface area contributed by atoms with Gasteiger partial charge >= 0.3 is 0 Å². The van der Waals surface area contributed by atoms with E-state index in [1.807, 2.05) is 48.5 Å². The fourth-order valence-electron chi connectivity index (χ4n) is 2.22. The minimum atomic E-state index is 0.577. The van der Waals surface area contributed by atoms with Crippen molar-refractivity contribution in [2.45, 2.75) is 27.2 Å². The number of nitrogens with zero attached hydrogens (tertiary/aromatic N) is 1. The van der Waals surface area contributed by atoms with Gasteiger partial charge in [-0.3, -0.25) is 0 Å². The van der Waals surface area contributed by atoms with E-state index in [0.717, 1.165) is 29.9 Å². The minimum Gasteiger partial charge on any atom is -0.493 e. The molecule has 166 valence electrons. The van der Waals surface area contributed by atoms with E-state index in [-0.39, 0.29) is 0 Å². The molecule has 0 aliphatic heterocycles. The van der Waals surface area contributed by atoms with Gasteiger partial charge in [0.1, 0.15) is 5.75 Å². The summed E-state index contributed by atoms with van der Waals surface area (Å²) in [6.45, 7) is 6.81. The zero-order valence-corrected chi connectivity index (χ0v) is 20.0. The first-order chi connectivity index (χ1) is 17.1. The Labute approximate surface area is 210 Å². The van der Waals surface area contributed by atoms with Gasteiger partial charge in [0.2, 0.25) is 0 Å². The third-order valence-corrected chi connectivity index (χ3v) is 4.26. The molecular weight excluding hydrogens is 426 g/mol. The Balaban J connectivity index is 0.000000367. The first-order valence-corrected chi connectivity index (χ1v) is 10.7. The van der Waals surface area contributed by atoms with E-state index in [4.69, 9.17) is 16.4 Å². The molecule has 2 aromatic rings. The largest absolute Gasteiger partial charge is 0.493 e. The number of benzene rings is 2. The van der Waals surface area contributed by atoms with Crippen molar-refractivity contribution in [2.75, 3.05) is 6.61 Å². The first-order valence-electron chi connectivity index (χ1n) is 10.7. The summed E-state index contributed by atoms with van der Waals surface area (Å²) in [6, 6.07) is 17.8. The number of nitriles is 1. The van der Waals surface area contributed by atoms with Gasteiger partial charge in [0.25, 0.3) is 0 Å². The van der Waals surface area contributed by atoms with Crippen LogP contribution in [-0.4, -0.2) is 6.61 Å². The van der Waals surface area contributed by atoms with Crippen LogP contribution >= 0.6 is 0 Å². The van der Waals surface area contributed by atoms with Crippen molar-refractivity contribution >= 4 is 0 Å². The second-order valence-corrected chi connectivity index (χ2v) is 6.81. The Hall–Kier alpha value is -5.35. The van der Waals surface area contributed by atoms with Crippen molar-refractivity contribution in [1.82, 2.24) is 0 Å². The molecular formula is C33H23NO. The van der Waals surface area contributed by atoms with E-state index in [0.29, 0.717) is 11.5 Å². The zero-order valence-electron chi connectivity index (χ0n) is 20.0. The van der Waals surface area contributed by atoms with Crippen LogP contribution in [0, 0.1) is 101 Å². The topological polar surface area (TPSA) is 33.0 Å². The highest BCUT2D eigenvalue weighted by molar-refractivity contribution is 5.65. The Morgan fingerprint density at radius 3 is 1.63 bits per heavy atom. The molecule has 0 aliphatic carbocycles. The standard InChI is InChI=1S/C18H19NO.C15H4/c1-3-14(2)13-20-18-10-8-17(9-11-18)16-6-4-15(12-19)5-7-16;1-3-5-7-9-11-13-15-14-12-10-8-6-4-2/h4-11,14H,3,13H2,1-2H3;1H,2H3. The highest BCUT2D eigenvalue weighted by Gasteiger charge is 2.02. The summed E-state index contributed by atoms with van der Waals surface area (Å²) in [7, 11) is 0. The van der Waals surface area contributed by atoms with E-state index in [9.17, 15) is 0 Å². The maximum Gasteiger partial charge on any atom is 0.119 e. The Bertz CT molecular complexity index is 1420. The normalized spacial score (nSPS) is 8.26. The molecule has 2 heteroatoms. The second-order valence-electron chi connectivity index (χ2n) is 6.81. The summed E-state index contributed by atoms with van der Waals surface area (Å²) >= 11 is 0. The number of ether oxygens (including phenoxy) is 1. The fourth-order valence-corrected chi connectivity index (χ4v) is 2.22. The number of hydrogen-bond acceptors (Lipinski definition) is 2. The van der Waals surface area contributed by atoms with Crippen molar-refractivity contribution in [2.24, 2.45) is 5.92 Å². The summed E-state index contributed by atoms with van der Waals surface area (Å²) in [5.41, 5.74) is 2.92. The Kier molecular flexibility index (Phi) is 14.4. The molecule has 0 spiro atoms. The molecule has 2 rings (SSSR count). The van der Waals surface area contributed by atoms with Crippen LogP contribution in [0.25, 0.3) is 11.1 Å². The SMILES string of the molecule is C#CC#CC#CC#CC#CC#CC#CC.CCC(C)COc1ccc(-c2ccc(C#N)cc2)cc1. The van der Waals surface area contributed by atoms with Crippen LogP contribution in [0.15, 0.2) is 48.5 Å². The van der Waals surface area contributed by atoms with Crippen LogP contribution in [0.3, 0.4) is 0 Å². The molecule has 0 amide bonds. The van der Waals surface area contributed by atoms with Gasteiger partial charge in [-0.15, -0.1) is 6.42 Å². The van der Waals surface area contributed by atoms with Crippen LogP contribution in [-0.2, 0) is 0 Å². The minimum absolute atomic E-state index is 0.577. The van der Waals surface area contributed by atoms with Gasteiger partial charge in [-0.2, -0.15) is 5.26 Å². The maximum atomic E-state index is 8.79. The summed E-state index contributed by atoms with van der Waals surface area (Å²) in [4.78, 5) is 0. The van der Waals surface area contributed by atoms with Crippen molar-refractivity contribution in [3.05, 3.63) is 54.1 Å². The lowest BCUT2D eigenvalue weighted by molar-refractivity contribution is 0.256. The van der Waals surface area contributed by atoms with Crippen LogP contribution in [0.5, 0.6) is 5.75 Å². The van der Waals surface area contributed by atoms with Crippen molar-refractivity contribution < 1.29 is 4.74 Å². The monoisotopic (exact) mass is 449 g/mol. The number of rotatable bonds is 5. The van der Waals surface area contributed by atoms with Crippen LogP contribution < -0.4 is 4.74 Å². The van der Waals surface area contributed by atoms with Gasteiger partial charge in [-0.25, -0.2) is 0 Å². The van der Waals surface area contributed by atoms with Gasteiger partial charge in [-0.1, -0.05) is 50.5 Å². The van der Waals surface area contributed by atoms with Crippen LogP contribution in [0.1, 0.15) is 32.8 Å². The van der Waals surface area contributed by atoms with Gasteiger partial charge < -0.3 is 4.74 Å². The molecule has 0 aromatic heterocycles. The molecule has 0 aliphatic rings. The van der Waals surface area contributed by atoms with E-state index >= 15 is 0 Å². The second kappa shape index (κ2) is 18.2. The van der Waals surface area contributed by atoms with E-state index in [2.05, 4.69) is 96.9 Å². The lowest BCUT2D eigenvalue weighted by Crippen LogP contribution is -2.06. The predicted molar refractivity (Wildman–Crippen MR) is 143 cm³/mol. The Morgan fingerprint density at radius 1 is 0.743 bits per heavy atom. The molecule has 0 heterocycles. The number of terminal acetylenes is 1. The fraction of sp³-hybridized carbons (Fsp3) is 0.182. The van der Waals surface area contributed by atoms with Gasteiger partial charge in [0.05, 0.1) is 18.2 Å². The average molecular weight is 450 g/mol. The molecule has 0 N–H and O–H groups in total. The molecule has 2 aromatic carbocycles.